The molecule has 6 nitrogen and oxygen atoms in total. The van der Waals surface area contributed by atoms with Gasteiger partial charge in [0.1, 0.15) is 38.5 Å². The molecule has 1 fully saturated rings. The normalized spacial score (nSPS) is 21.1. The Kier molecular flexibility index (Phi) is 5.22. The summed E-state index contributed by atoms with van der Waals surface area (Å²) in [5.41, 5.74) is 1.48. The van der Waals surface area contributed by atoms with Crippen LogP contribution in [0.5, 0.6) is 11.5 Å². The second kappa shape index (κ2) is 7.94. The van der Waals surface area contributed by atoms with Gasteiger partial charge >= 0.3 is 0 Å². The van der Waals surface area contributed by atoms with Crippen molar-refractivity contribution in [2.75, 3.05) is 44.8 Å². The van der Waals surface area contributed by atoms with Crippen molar-refractivity contribution in [2.45, 2.75) is 6.54 Å². The maximum atomic E-state index is 13.6. The van der Waals surface area contributed by atoms with Crippen LogP contribution in [0, 0.1) is 5.82 Å². The summed E-state index contributed by atoms with van der Waals surface area (Å²) < 4.78 is 24.4. The Bertz CT molecular complexity index is 822. The first-order valence-corrected chi connectivity index (χ1v) is 9.27. The highest BCUT2D eigenvalue weighted by molar-refractivity contribution is 5.91. The molecule has 2 aromatic rings. The molecule has 1 amide bonds. The van der Waals surface area contributed by atoms with Crippen molar-refractivity contribution >= 4 is 11.6 Å². The van der Waals surface area contributed by atoms with Crippen molar-refractivity contribution in [3.8, 4) is 11.5 Å². The average molecular weight is 373 g/mol. The van der Waals surface area contributed by atoms with Gasteiger partial charge in [-0.15, -0.1) is 0 Å². The van der Waals surface area contributed by atoms with E-state index in [0.717, 1.165) is 44.2 Å². The smallest absolute Gasteiger partial charge is 0.279 e. The lowest BCUT2D eigenvalue weighted by atomic mass is 10.1. The summed E-state index contributed by atoms with van der Waals surface area (Å²) >= 11 is 0. The number of hydrogen-bond acceptors (Lipinski definition) is 3. The van der Waals surface area contributed by atoms with Gasteiger partial charge in [-0.05, 0) is 30.3 Å². The predicted octanol–water partition coefficient (Wildman–Crippen LogP) is -0.523. The first-order valence-electron chi connectivity index (χ1n) is 9.27. The van der Waals surface area contributed by atoms with Crippen molar-refractivity contribution in [2.24, 2.45) is 0 Å². The highest BCUT2D eigenvalue weighted by Crippen LogP contribution is 2.32. The largest absolute Gasteiger partial charge is 0.454 e. The number of anilines is 1. The van der Waals surface area contributed by atoms with Crippen molar-refractivity contribution in [1.82, 2.24) is 0 Å². The Morgan fingerprint density at radius 2 is 1.74 bits per heavy atom. The molecule has 0 aliphatic carbocycles. The lowest BCUT2D eigenvalue weighted by molar-refractivity contribution is -1.02. The number of benzene rings is 2. The molecule has 2 aromatic carbocycles. The zero-order valence-electron chi connectivity index (χ0n) is 15.1. The van der Waals surface area contributed by atoms with E-state index in [4.69, 9.17) is 9.47 Å². The Hall–Kier alpha value is -2.64. The molecule has 27 heavy (non-hydrogen) atoms. The molecule has 0 atom stereocenters. The van der Waals surface area contributed by atoms with Crippen LogP contribution < -0.4 is 24.6 Å². The third-order valence-electron chi connectivity index (χ3n) is 5.11. The first kappa shape index (κ1) is 17.8. The summed E-state index contributed by atoms with van der Waals surface area (Å²) in [6, 6.07) is 12.3. The van der Waals surface area contributed by atoms with Crippen LogP contribution in [0.4, 0.5) is 10.1 Å². The van der Waals surface area contributed by atoms with Crippen molar-refractivity contribution in [1.29, 1.82) is 0 Å². The topological polar surface area (TPSA) is 56.4 Å². The van der Waals surface area contributed by atoms with E-state index >= 15 is 0 Å². The molecule has 142 valence electrons. The number of fused-ring (bicyclic) bond motifs is 1. The van der Waals surface area contributed by atoms with Crippen molar-refractivity contribution < 1.29 is 28.5 Å². The van der Waals surface area contributed by atoms with Gasteiger partial charge in [0.2, 0.25) is 6.79 Å². The molecule has 0 aromatic heterocycles. The highest BCUT2D eigenvalue weighted by atomic mass is 19.1. The van der Waals surface area contributed by atoms with E-state index in [9.17, 15) is 9.18 Å². The molecule has 0 spiro atoms. The third-order valence-corrected chi connectivity index (χ3v) is 5.11. The van der Waals surface area contributed by atoms with Gasteiger partial charge in [-0.2, -0.15) is 0 Å². The van der Waals surface area contributed by atoms with Gasteiger partial charge < -0.3 is 24.6 Å². The van der Waals surface area contributed by atoms with Gasteiger partial charge in [0, 0.05) is 5.56 Å². The Morgan fingerprint density at radius 3 is 2.56 bits per heavy atom. The van der Waals surface area contributed by atoms with Crippen molar-refractivity contribution in [3.05, 3.63) is 53.8 Å². The zero-order chi connectivity index (χ0) is 18.6. The third kappa shape index (κ3) is 4.37. The second-order valence-corrected chi connectivity index (χ2v) is 7.07. The minimum absolute atomic E-state index is 0.144. The number of piperazine rings is 1. The number of carbonyl (C=O) groups is 1. The highest BCUT2D eigenvalue weighted by Gasteiger charge is 2.25. The van der Waals surface area contributed by atoms with Crippen LogP contribution in [0.25, 0.3) is 0 Å². The predicted molar refractivity (Wildman–Crippen MR) is 97.6 cm³/mol. The summed E-state index contributed by atoms with van der Waals surface area (Å²) in [4.78, 5) is 14.9. The second-order valence-electron chi connectivity index (χ2n) is 7.07. The monoisotopic (exact) mass is 373 g/mol. The fourth-order valence-corrected chi connectivity index (χ4v) is 3.63. The fourth-order valence-electron chi connectivity index (χ4n) is 3.63. The molecule has 4 rings (SSSR count). The van der Waals surface area contributed by atoms with Crippen LogP contribution in [0.1, 0.15) is 5.56 Å². The number of ether oxygens (including phenoxy) is 2. The number of nitrogens with one attached hydrogen (secondary N) is 3. The Labute approximate surface area is 157 Å². The molecule has 1 saturated heterocycles. The lowest BCUT2D eigenvalue weighted by Crippen LogP contribution is -3.28. The van der Waals surface area contributed by atoms with Crippen LogP contribution in [-0.2, 0) is 11.3 Å². The average Bonchev–Trinajstić information content (AvgIpc) is 3.13. The maximum Gasteiger partial charge on any atom is 0.279 e. The molecule has 0 radical (unpaired) electrons. The molecule has 3 N–H and O–H groups in total. The van der Waals surface area contributed by atoms with E-state index in [0.29, 0.717) is 13.3 Å². The molecule has 2 aliphatic rings. The lowest BCUT2D eigenvalue weighted by Gasteiger charge is -2.29. The van der Waals surface area contributed by atoms with E-state index in [2.05, 4.69) is 17.4 Å². The van der Waals surface area contributed by atoms with Gasteiger partial charge in [-0.1, -0.05) is 12.1 Å². The Morgan fingerprint density at radius 1 is 1.00 bits per heavy atom. The minimum atomic E-state index is -0.404. The molecule has 2 aliphatic heterocycles. The number of quaternary nitrogens is 2. The number of amides is 1. The first-order chi connectivity index (χ1) is 13.2. The van der Waals surface area contributed by atoms with E-state index in [1.807, 2.05) is 6.07 Å². The number of carbonyl (C=O) groups excluding carboxylic acids is 1. The molecular formula is C20H24FN3O3+2. The number of hydrogen-bond donors (Lipinski definition) is 3. The SMILES string of the molecule is O=C(C[NH+]1CC[NH+](Cc2ccc3c(c2)OCO3)CC1)Nc1ccccc1F. The van der Waals surface area contributed by atoms with Gasteiger partial charge in [0.15, 0.2) is 18.0 Å². The summed E-state index contributed by atoms with van der Waals surface area (Å²) in [7, 11) is 0. The number of halogens is 1. The zero-order valence-corrected chi connectivity index (χ0v) is 15.1. The van der Waals surface area contributed by atoms with E-state index in [1.54, 1.807) is 18.2 Å². The summed E-state index contributed by atoms with van der Waals surface area (Å²) in [6.07, 6.45) is 0. The van der Waals surface area contributed by atoms with Crippen LogP contribution in [0.2, 0.25) is 0 Å². The summed E-state index contributed by atoms with van der Waals surface area (Å²) in [5.74, 6) is 1.08. The molecule has 0 saturated carbocycles. The van der Waals surface area contributed by atoms with Gasteiger partial charge in [0.25, 0.3) is 5.91 Å². The molecule has 2 heterocycles. The fraction of sp³-hybridized carbons (Fsp3) is 0.350. The van der Waals surface area contributed by atoms with Crippen LogP contribution in [0.3, 0.4) is 0 Å². The van der Waals surface area contributed by atoms with E-state index in [1.165, 1.54) is 21.4 Å². The molecular weight excluding hydrogens is 349 g/mol. The van der Waals surface area contributed by atoms with Crippen molar-refractivity contribution in [3.63, 3.8) is 0 Å². The molecule has 0 unspecified atom stereocenters. The summed E-state index contributed by atoms with van der Waals surface area (Å²) in [5, 5.41) is 2.67. The van der Waals surface area contributed by atoms with Gasteiger partial charge in [-0.3, -0.25) is 4.79 Å². The standard InChI is InChI=1S/C20H22FN3O3/c21-16-3-1-2-4-17(16)22-20(25)13-24-9-7-23(8-10-24)12-15-5-6-18-19(11-15)27-14-26-18/h1-6,11H,7-10,12-14H2,(H,22,25)/p+2. The van der Waals surface area contributed by atoms with Gasteiger partial charge in [0.05, 0.1) is 5.69 Å². The Balaban J connectivity index is 1.24. The minimum Gasteiger partial charge on any atom is -0.454 e. The van der Waals surface area contributed by atoms with Crippen LogP contribution in [-0.4, -0.2) is 45.4 Å². The van der Waals surface area contributed by atoms with Gasteiger partial charge in [-0.25, -0.2) is 4.39 Å². The molecule has 7 heteroatoms. The van der Waals surface area contributed by atoms with Crippen LogP contribution in [0.15, 0.2) is 42.5 Å². The van der Waals surface area contributed by atoms with E-state index < -0.39 is 5.82 Å². The number of rotatable bonds is 5. The quantitative estimate of drug-likeness (QED) is 0.661. The van der Waals surface area contributed by atoms with Crippen LogP contribution >= 0.6 is 0 Å². The maximum absolute atomic E-state index is 13.6. The number of para-hydroxylation sites is 1. The molecule has 0 bridgehead atoms. The summed E-state index contributed by atoms with van der Waals surface area (Å²) in [6.45, 7) is 5.43. The van der Waals surface area contributed by atoms with E-state index in [-0.39, 0.29) is 11.6 Å².